The van der Waals surface area contributed by atoms with Gasteiger partial charge < -0.3 is 10.6 Å². The highest BCUT2D eigenvalue weighted by Crippen LogP contribution is 2.29. The van der Waals surface area contributed by atoms with E-state index in [1.54, 1.807) is 18.2 Å². The van der Waals surface area contributed by atoms with Crippen LogP contribution in [0, 0.1) is 0 Å². The molecule has 0 spiro atoms. The summed E-state index contributed by atoms with van der Waals surface area (Å²) in [6.45, 7) is 3.75. The summed E-state index contributed by atoms with van der Waals surface area (Å²) in [6, 6.07) is 5.48. The Morgan fingerprint density at radius 1 is 1.41 bits per heavy atom. The van der Waals surface area contributed by atoms with Crippen LogP contribution in [0.25, 0.3) is 0 Å². The molecule has 1 fully saturated rings. The van der Waals surface area contributed by atoms with Crippen molar-refractivity contribution in [1.82, 2.24) is 10.2 Å². The van der Waals surface area contributed by atoms with Crippen LogP contribution in [0.5, 0.6) is 0 Å². The number of likely N-dealkylation sites (N-methyl/N-ethyl adjacent to an activating group) is 1. The van der Waals surface area contributed by atoms with Gasteiger partial charge in [-0.05, 0) is 45.5 Å². The Morgan fingerprint density at radius 3 is 2.82 bits per heavy atom. The van der Waals surface area contributed by atoms with Crippen molar-refractivity contribution in [2.24, 2.45) is 0 Å². The number of carbonyl (C=O) groups excluding carboxylic acids is 1. The number of piperidine rings is 1. The van der Waals surface area contributed by atoms with Gasteiger partial charge in [-0.2, -0.15) is 0 Å². The summed E-state index contributed by atoms with van der Waals surface area (Å²) in [7, 11) is 1.96. The van der Waals surface area contributed by atoms with Crippen LogP contribution in [0.2, 0.25) is 10.0 Å². The molecule has 2 unspecified atom stereocenters. The van der Waals surface area contributed by atoms with Gasteiger partial charge in [0.15, 0.2) is 0 Å². The summed E-state index contributed by atoms with van der Waals surface area (Å²) in [5, 5.41) is 6.97. The number of nitrogens with one attached hydrogen (secondary N) is 2. The summed E-state index contributed by atoms with van der Waals surface area (Å²) < 4.78 is 0. The second kappa shape index (κ2) is 8.94. The molecule has 2 N–H and O–H groups in total. The van der Waals surface area contributed by atoms with Crippen LogP contribution in [0.1, 0.15) is 19.8 Å². The van der Waals surface area contributed by atoms with Crippen molar-refractivity contribution in [2.75, 3.05) is 25.5 Å². The monoisotopic (exact) mass is 365 g/mol. The lowest BCUT2D eigenvalue weighted by Crippen LogP contribution is -2.51. The predicted octanol–water partition coefficient (Wildman–Crippen LogP) is 3.43. The van der Waals surface area contributed by atoms with Crippen molar-refractivity contribution >= 4 is 47.2 Å². The molecule has 1 aliphatic heterocycles. The van der Waals surface area contributed by atoms with Gasteiger partial charge in [-0.25, -0.2) is 0 Å². The van der Waals surface area contributed by atoms with Crippen LogP contribution in [0.15, 0.2) is 18.2 Å². The maximum Gasteiger partial charge on any atom is 0.241 e. The van der Waals surface area contributed by atoms with E-state index in [0.717, 1.165) is 25.9 Å². The molecule has 1 aromatic carbocycles. The number of hydrogen-bond donors (Lipinski definition) is 2. The first-order chi connectivity index (χ1) is 10.0. The van der Waals surface area contributed by atoms with Crippen molar-refractivity contribution in [3.63, 3.8) is 0 Å². The number of amides is 1. The van der Waals surface area contributed by atoms with Crippen molar-refractivity contribution in [2.45, 2.75) is 31.8 Å². The number of anilines is 1. The van der Waals surface area contributed by atoms with E-state index in [4.69, 9.17) is 23.2 Å². The summed E-state index contributed by atoms with van der Waals surface area (Å²) in [6.07, 6.45) is 2.25. The normalized spacial score (nSPS) is 20.1. The topological polar surface area (TPSA) is 44.4 Å². The Kier molecular flexibility index (Phi) is 7.94. The highest BCUT2D eigenvalue weighted by Gasteiger charge is 2.27. The number of nitrogens with zero attached hydrogens (tertiary/aromatic N) is 1. The summed E-state index contributed by atoms with van der Waals surface area (Å²) >= 11 is 12.1. The van der Waals surface area contributed by atoms with Crippen molar-refractivity contribution in [3.8, 4) is 0 Å². The van der Waals surface area contributed by atoms with Crippen LogP contribution in [-0.2, 0) is 4.79 Å². The Balaban J connectivity index is 0.00000242. The Hall–Kier alpha value is -0.520. The fraction of sp³-hybridized carbons (Fsp3) is 0.533. The molecule has 7 heteroatoms. The molecule has 0 aromatic heterocycles. The van der Waals surface area contributed by atoms with Crippen LogP contribution in [0.4, 0.5) is 5.69 Å². The fourth-order valence-electron chi connectivity index (χ4n) is 2.60. The molecule has 1 aliphatic rings. The van der Waals surface area contributed by atoms with E-state index in [9.17, 15) is 4.79 Å². The summed E-state index contributed by atoms with van der Waals surface area (Å²) in [5.41, 5.74) is 0.559. The van der Waals surface area contributed by atoms with Gasteiger partial charge in [-0.15, -0.1) is 12.4 Å². The van der Waals surface area contributed by atoms with Crippen LogP contribution < -0.4 is 10.6 Å². The first-order valence-electron chi connectivity index (χ1n) is 7.19. The molecule has 0 saturated carbocycles. The highest BCUT2D eigenvalue weighted by molar-refractivity contribution is 6.44. The van der Waals surface area contributed by atoms with E-state index < -0.39 is 0 Å². The Morgan fingerprint density at radius 2 is 2.14 bits per heavy atom. The molecule has 4 nitrogen and oxygen atoms in total. The third kappa shape index (κ3) is 4.74. The number of rotatable bonds is 4. The molecule has 2 rings (SSSR count). The van der Waals surface area contributed by atoms with E-state index in [1.807, 2.05) is 14.0 Å². The van der Waals surface area contributed by atoms with E-state index in [2.05, 4.69) is 15.5 Å². The lowest BCUT2D eigenvalue weighted by molar-refractivity contribution is -0.121. The molecule has 1 aromatic rings. The molecular weight excluding hydrogens is 345 g/mol. The van der Waals surface area contributed by atoms with Crippen LogP contribution in [-0.4, -0.2) is 43.0 Å². The number of benzene rings is 1. The SMILES string of the molecule is CNC1CCCN(C(C)C(=O)Nc2cccc(Cl)c2Cl)C1.Cl. The smallest absolute Gasteiger partial charge is 0.241 e. The molecule has 2 atom stereocenters. The van der Waals surface area contributed by atoms with Gasteiger partial charge in [0.25, 0.3) is 0 Å². The van der Waals surface area contributed by atoms with Crippen LogP contribution >= 0.6 is 35.6 Å². The van der Waals surface area contributed by atoms with Gasteiger partial charge in [-0.3, -0.25) is 9.69 Å². The van der Waals surface area contributed by atoms with Gasteiger partial charge in [0.2, 0.25) is 5.91 Å². The van der Waals surface area contributed by atoms with Gasteiger partial charge in [0, 0.05) is 12.6 Å². The van der Waals surface area contributed by atoms with Gasteiger partial charge in [0.05, 0.1) is 21.8 Å². The Bertz CT molecular complexity index is 513. The van der Waals surface area contributed by atoms with E-state index in [1.165, 1.54) is 0 Å². The minimum atomic E-state index is -0.198. The number of halogens is 3. The first kappa shape index (κ1) is 19.5. The van der Waals surface area contributed by atoms with Crippen molar-refractivity contribution in [1.29, 1.82) is 0 Å². The number of hydrogen-bond acceptors (Lipinski definition) is 3. The van der Waals surface area contributed by atoms with E-state index >= 15 is 0 Å². The molecule has 1 saturated heterocycles. The molecule has 1 amide bonds. The average molecular weight is 367 g/mol. The molecule has 0 radical (unpaired) electrons. The Labute approximate surface area is 147 Å². The van der Waals surface area contributed by atoms with Crippen molar-refractivity contribution < 1.29 is 4.79 Å². The van der Waals surface area contributed by atoms with Gasteiger partial charge in [0.1, 0.15) is 0 Å². The highest BCUT2D eigenvalue weighted by atomic mass is 35.5. The standard InChI is InChI=1S/C15H21Cl2N3O.ClH/c1-10(20-8-4-5-11(9-20)18-2)15(21)19-13-7-3-6-12(16)14(13)17;/h3,6-7,10-11,18H,4-5,8-9H2,1-2H3,(H,19,21);1H. The maximum atomic E-state index is 12.4. The van der Waals surface area contributed by atoms with Gasteiger partial charge >= 0.3 is 0 Å². The third-order valence-electron chi connectivity index (χ3n) is 4.00. The van der Waals surface area contributed by atoms with Crippen LogP contribution in [0.3, 0.4) is 0 Å². The maximum absolute atomic E-state index is 12.4. The quantitative estimate of drug-likeness (QED) is 0.858. The predicted molar refractivity (Wildman–Crippen MR) is 95.5 cm³/mol. The minimum Gasteiger partial charge on any atom is -0.323 e. The molecule has 124 valence electrons. The summed E-state index contributed by atoms with van der Waals surface area (Å²) in [5.74, 6) is -0.0593. The lowest BCUT2D eigenvalue weighted by Gasteiger charge is -2.36. The zero-order valence-electron chi connectivity index (χ0n) is 12.7. The molecule has 1 heterocycles. The largest absolute Gasteiger partial charge is 0.323 e. The zero-order chi connectivity index (χ0) is 15.4. The van der Waals surface area contributed by atoms with E-state index in [0.29, 0.717) is 21.8 Å². The zero-order valence-corrected chi connectivity index (χ0v) is 15.1. The number of likely N-dealkylation sites (tertiary alicyclic amines) is 1. The molecule has 0 aliphatic carbocycles. The second-order valence-electron chi connectivity index (χ2n) is 5.39. The third-order valence-corrected chi connectivity index (χ3v) is 4.82. The second-order valence-corrected chi connectivity index (χ2v) is 6.17. The van der Waals surface area contributed by atoms with Crippen molar-refractivity contribution in [3.05, 3.63) is 28.2 Å². The van der Waals surface area contributed by atoms with E-state index in [-0.39, 0.29) is 24.4 Å². The molecular formula is C15H22Cl3N3O. The van der Waals surface area contributed by atoms with Gasteiger partial charge in [-0.1, -0.05) is 29.3 Å². The average Bonchev–Trinajstić information content (AvgIpc) is 2.51. The minimum absolute atomic E-state index is 0. The summed E-state index contributed by atoms with van der Waals surface area (Å²) in [4.78, 5) is 14.6. The number of carbonyl (C=O) groups is 1. The fourth-order valence-corrected chi connectivity index (χ4v) is 2.94. The lowest BCUT2D eigenvalue weighted by atomic mass is 10.0. The molecule has 0 bridgehead atoms. The first-order valence-corrected chi connectivity index (χ1v) is 7.94. The molecule has 22 heavy (non-hydrogen) atoms.